The zero-order chi connectivity index (χ0) is 23.0. The second kappa shape index (κ2) is 8.62. The van der Waals surface area contributed by atoms with Crippen molar-refractivity contribution in [3.63, 3.8) is 0 Å². The number of halogens is 2. The van der Waals surface area contributed by atoms with E-state index in [0.717, 1.165) is 36.3 Å². The molecule has 1 aliphatic rings. The Bertz CT molecular complexity index is 1340. The molecule has 11 heteroatoms. The van der Waals surface area contributed by atoms with Gasteiger partial charge in [-0.3, -0.25) is 18.9 Å². The molecule has 1 fully saturated rings. The standard InChI is InChI=1S/C21H21F2N3O4S2/c1-13-6-8-25(9-7-13)20(27)12-26-18-5-3-15(11-19(18)31-21(26)28)32(29,30)24-17-4-2-14(22)10-16(17)23/h2-5,10-11,13,24H,6-9,12H2,1H3. The largest absolute Gasteiger partial charge is 0.341 e. The molecule has 0 unspecified atom stereocenters. The second-order valence-corrected chi connectivity index (χ2v) is 10.6. The lowest BCUT2D eigenvalue weighted by atomic mass is 9.99. The number of hydrogen-bond donors (Lipinski definition) is 1. The minimum absolute atomic E-state index is 0.113. The molecule has 1 aromatic heterocycles. The Hall–Kier alpha value is -2.79. The summed E-state index contributed by atoms with van der Waals surface area (Å²) in [6, 6.07) is 6.54. The lowest BCUT2D eigenvalue weighted by Crippen LogP contribution is -2.40. The van der Waals surface area contributed by atoms with Gasteiger partial charge in [0.25, 0.3) is 10.0 Å². The molecule has 3 aromatic rings. The van der Waals surface area contributed by atoms with Crippen molar-refractivity contribution in [1.82, 2.24) is 9.47 Å². The lowest BCUT2D eigenvalue weighted by Gasteiger charge is -2.30. The van der Waals surface area contributed by atoms with Gasteiger partial charge >= 0.3 is 4.87 Å². The van der Waals surface area contributed by atoms with Crippen molar-refractivity contribution in [2.45, 2.75) is 31.2 Å². The Labute approximate surface area is 187 Å². The number of benzene rings is 2. The molecule has 0 saturated carbocycles. The van der Waals surface area contributed by atoms with E-state index in [9.17, 15) is 26.8 Å². The first-order chi connectivity index (χ1) is 15.1. The molecule has 0 aliphatic carbocycles. The number of nitrogens with zero attached hydrogens (tertiary/aromatic N) is 2. The number of thiazole rings is 1. The zero-order valence-electron chi connectivity index (χ0n) is 17.2. The number of sulfonamides is 1. The fraction of sp³-hybridized carbons (Fsp3) is 0.333. The van der Waals surface area contributed by atoms with Crippen LogP contribution in [0.1, 0.15) is 19.8 Å². The summed E-state index contributed by atoms with van der Waals surface area (Å²) in [5.74, 6) is -1.45. The first-order valence-electron chi connectivity index (χ1n) is 10.0. The first-order valence-corrected chi connectivity index (χ1v) is 12.3. The van der Waals surface area contributed by atoms with Gasteiger partial charge in [0.2, 0.25) is 5.91 Å². The Balaban J connectivity index is 1.59. The van der Waals surface area contributed by atoms with E-state index >= 15 is 0 Å². The molecule has 0 bridgehead atoms. The van der Waals surface area contributed by atoms with Crippen molar-refractivity contribution in [1.29, 1.82) is 0 Å². The fourth-order valence-electron chi connectivity index (χ4n) is 3.63. The van der Waals surface area contributed by atoms with Crippen LogP contribution in [-0.4, -0.2) is 36.9 Å². The van der Waals surface area contributed by atoms with Gasteiger partial charge in [-0.25, -0.2) is 17.2 Å². The maximum absolute atomic E-state index is 13.9. The predicted molar refractivity (Wildman–Crippen MR) is 118 cm³/mol. The van der Waals surface area contributed by atoms with E-state index in [1.807, 2.05) is 0 Å². The Morgan fingerprint density at radius 1 is 1.16 bits per heavy atom. The number of amides is 1. The third-order valence-corrected chi connectivity index (χ3v) is 7.86. The van der Waals surface area contributed by atoms with Crippen LogP contribution in [0, 0.1) is 17.6 Å². The van der Waals surface area contributed by atoms with E-state index in [4.69, 9.17) is 0 Å². The normalized spacial score (nSPS) is 15.3. The number of fused-ring (bicyclic) bond motifs is 1. The van der Waals surface area contributed by atoms with Gasteiger partial charge in [0.1, 0.15) is 18.2 Å². The second-order valence-electron chi connectivity index (χ2n) is 7.88. The molecule has 7 nitrogen and oxygen atoms in total. The highest BCUT2D eigenvalue weighted by Crippen LogP contribution is 2.25. The summed E-state index contributed by atoms with van der Waals surface area (Å²) >= 11 is 0.830. The average molecular weight is 482 g/mol. The van der Waals surface area contributed by atoms with E-state index in [-0.39, 0.29) is 22.2 Å². The SMILES string of the molecule is CC1CCN(C(=O)Cn2c(=O)sc3cc(S(=O)(=O)Nc4ccc(F)cc4F)ccc32)CC1. The molecule has 1 aliphatic heterocycles. The number of carbonyl (C=O) groups is 1. The van der Waals surface area contributed by atoms with E-state index in [1.54, 1.807) is 4.90 Å². The van der Waals surface area contributed by atoms with Gasteiger partial charge < -0.3 is 4.90 Å². The van der Waals surface area contributed by atoms with E-state index < -0.39 is 27.3 Å². The van der Waals surface area contributed by atoms with Crippen LogP contribution in [0.5, 0.6) is 0 Å². The topological polar surface area (TPSA) is 88.5 Å². The van der Waals surface area contributed by atoms with Crippen molar-refractivity contribution >= 4 is 43.2 Å². The van der Waals surface area contributed by atoms with E-state index in [1.165, 1.54) is 22.8 Å². The molecule has 0 atom stereocenters. The number of likely N-dealkylation sites (tertiary alicyclic amines) is 1. The molecule has 1 amide bonds. The molecule has 4 rings (SSSR count). The summed E-state index contributed by atoms with van der Waals surface area (Å²) in [5, 5.41) is 0. The molecule has 32 heavy (non-hydrogen) atoms. The molecular weight excluding hydrogens is 460 g/mol. The van der Waals surface area contributed by atoms with Crippen molar-refractivity contribution in [2.75, 3.05) is 17.8 Å². The molecule has 0 spiro atoms. The van der Waals surface area contributed by atoms with Gasteiger partial charge in [-0.15, -0.1) is 0 Å². The Kier molecular flexibility index (Phi) is 6.04. The van der Waals surface area contributed by atoms with Crippen LogP contribution in [0.15, 0.2) is 46.1 Å². The predicted octanol–water partition coefficient (Wildman–Crippen LogP) is 3.40. The highest BCUT2D eigenvalue weighted by Gasteiger charge is 2.23. The summed E-state index contributed by atoms with van der Waals surface area (Å²) in [7, 11) is -4.18. The average Bonchev–Trinajstić information content (AvgIpc) is 3.05. The van der Waals surface area contributed by atoms with Gasteiger partial charge in [-0.1, -0.05) is 18.3 Å². The van der Waals surface area contributed by atoms with E-state index in [0.29, 0.717) is 35.3 Å². The number of anilines is 1. The maximum Gasteiger partial charge on any atom is 0.308 e. The Morgan fingerprint density at radius 3 is 2.56 bits per heavy atom. The van der Waals surface area contributed by atoms with Crippen LogP contribution in [0.4, 0.5) is 14.5 Å². The van der Waals surface area contributed by atoms with Crippen molar-refractivity contribution in [3.8, 4) is 0 Å². The molecule has 2 aromatic carbocycles. The monoisotopic (exact) mass is 481 g/mol. The maximum atomic E-state index is 13.9. The van der Waals surface area contributed by atoms with Crippen LogP contribution in [0.3, 0.4) is 0 Å². The summed E-state index contributed by atoms with van der Waals surface area (Å²) in [6.07, 6.45) is 1.85. The van der Waals surface area contributed by atoms with Crippen LogP contribution in [0.2, 0.25) is 0 Å². The van der Waals surface area contributed by atoms with E-state index in [2.05, 4.69) is 11.6 Å². The number of hydrogen-bond acceptors (Lipinski definition) is 5. The molecule has 1 N–H and O–H groups in total. The highest BCUT2D eigenvalue weighted by molar-refractivity contribution is 7.92. The highest BCUT2D eigenvalue weighted by atomic mass is 32.2. The smallest absolute Gasteiger partial charge is 0.308 e. The molecular formula is C21H21F2N3O4S2. The van der Waals surface area contributed by atoms with Crippen LogP contribution in [0.25, 0.3) is 10.2 Å². The van der Waals surface area contributed by atoms with Crippen LogP contribution < -0.4 is 9.60 Å². The fourth-order valence-corrected chi connectivity index (χ4v) is 5.73. The van der Waals surface area contributed by atoms with Crippen LogP contribution in [-0.2, 0) is 21.4 Å². The van der Waals surface area contributed by atoms with Gasteiger partial charge in [0, 0.05) is 19.2 Å². The molecule has 0 radical (unpaired) electrons. The first kappa shape index (κ1) is 22.4. The number of nitrogens with one attached hydrogen (secondary N) is 1. The van der Waals surface area contributed by atoms with Gasteiger partial charge in [-0.2, -0.15) is 0 Å². The quantitative estimate of drug-likeness (QED) is 0.605. The summed E-state index contributed by atoms with van der Waals surface area (Å²) < 4.78 is 56.1. The molecule has 1 saturated heterocycles. The minimum Gasteiger partial charge on any atom is -0.341 e. The summed E-state index contributed by atoms with van der Waals surface area (Å²) in [6.45, 7) is 3.34. The number of rotatable bonds is 5. The third kappa shape index (κ3) is 4.53. The summed E-state index contributed by atoms with van der Waals surface area (Å²) in [4.78, 5) is 26.3. The van der Waals surface area contributed by atoms with Crippen LogP contribution >= 0.6 is 11.3 Å². The van der Waals surface area contributed by atoms with Gasteiger partial charge in [0.05, 0.1) is 20.8 Å². The van der Waals surface area contributed by atoms with Crippen molar-refractivity contribution in [3.05, 3.63) is 57.7 Å². The van der Waals surface area contributed by atoms with Crippen molar-refractivity contribution in [2.24, 2.45) is 5.92 Å². The number of aromatic nitrogens is 1. The Morgan fingerprint density at radius 2 is 1.88 bits per heavy atom. The van der Waals surface area contributed by atoms with Gasteiger partial charge in [0.15, 0.2) is 0 Å². The van der Waals surface area contributed by atoms with Gasteiger partial charge in [-0.05, 0) is 49.1 Å². The minimum atomic E-state index is -4.18. The molecule has 2 heterocycles. The molecule has 170 valence electrons. The number of piperidine rings is 1. The number of carbonyl (C=O) groups excluding carboxylic acids is 1. The van der Waals surface area contributed by atoms with Crippen molar-refractivity contribution < 1.29 is 22.0 Å². The summed E-state index contributed by atoms with van der Waals surface area (Å²) in [5.41, 5.74) is 0.0596. The third-order valence-electron chi connectivity index (χ3n) is 5.56. The zero-order valence-corrected chi connectivity index (χ0v) is 18.8. The lowest BCUT2D eigenvalue weighted by molar-refractivity contribution is -0.133.